The number of phenols is 1. The fourth-order valence-electron chi connectivity index (χ4n) is 0.679. The lowest BCUT2D eigenvalue weighted by molar-refractivity contribution is -0.0676. The van der Waals surface area contributed by atoms with Crippen LogP contribution in [0.15, 0.2) is 24.3 Å². The quantitative estimate of drug-likeness (QED) is 0.741. The molecule has 1 N–H and O–H groups in total. The van der Waals surface area contributed by atoms with Crippen molar-refractivity contribution < 1.29 is 23.0 Å². The summed E-state index contributed by atoms with van der Waals surface area (Å²) in [4.78, 5) is 0. The van der Waals surface area contributed by atoms with Crippen LogP contribution in [0.3, 0.4) is 0 Å². The Hall–Kier alpha value is -1.30. The predicted molar refractivity (Wildman–Crippen MR) is 47.4 cm³/mol. The van der Waals surface area contributed by atoms with E-state index in [2.05, 4.69) is 17.0 Å². The Labute approximate surface area is 82.9 Å². The summed E-state index contributed by atoms with van der Waals surface area (Å²) in [7, 11) is 0. The maximum atomic E-state index is 11.9. The van der Waals surface area contributed by atoms with Crippen LogP contribution in [0.4, 0.5) is 13.2 Å². The molecule has 0 aliphatic rings. The number of halogens is 3. The van der Waals surface area contributed by atoms with E-state index in [1.54, 1.807) is 0 Å². The van der Waals surface area contributed by atoms with Gasteiger partial charge in [-0.05, 0) is 36.5 Å². The van der Waals surface area contributed by atoms with Gasteiger partial charge in [-0.1, -0.05) is 0 Å². The average Bonchev–Trinajstić information content (AvgIpc) is 2.07. The number of aromatic hydroxyl groups is 1. The normalized spacial score (nSPS) is 11.1. The molecular weight excluding hydrogens is 217 g/mol. The van der Waals surface area contributed by atoms with Crippen LogP contribution < -0.4 is 4.74 Å². The van der Waals surface area contributed by atoms with Crippen molar-refractivity contribution in [1.82, 2.24) is 0 Å². The standard InChI is InChI=1S/C8H5F3O2S/c9-8(10,11)7(14)13-6-3-1-5(12)2-4-6/h1-4,12H. The first-order chi connectivity index (χ1) is 6.39. The molecule has 0 aliphatic carbocycles. The lowest BCUT2D eigenvalue weighted by Crippen LogP contribution is -2.25. The molecule has 0 bridgehead atoms. The van der Waals surface area contributed by atoms with Crippen molar-refractivity contribution in [3.05, 3.63) is 24.3 Å². The van der Waals surface area contributed by atoms with E-state index < -0.39 is 11.2 Å². The molecule has 1 aromatic carbocycles. The average molecular weight is 222 g/mol. The second-order valence-corrected chi connectivity index (χ2v) is 2.75. The van der Waals surface area contributed by atoms with Crippen molar-refractivity contribution >= 4 is 17.3 Å². The molecule has 0 fully saturated rings. The summed E-state index contributed by atoms with van der Waals surface area (Å²) in [5.41, 5.74) is 0. The van der Waals surface area contributed by atoms with Gasteiger partial charge in [-0.3, -0.25) is 0 Å². The smallest absolute Gasteiger partial charge is 0.460 e. The molecule has 0 spiro atoms. The molecule has 0 unspecified atom stereocenters. The van der Waals surface area contributed by atoms with E-state index in [4.69, 9.17) is 5.11 Å². The highest BCUT2D eigenvalue weighted by molar-refractivity contribution is 7.80. The fourth-order valence-corrected chi connectivity index (χ4v) is 0.775. The molecule has 76 valence electrons. The summed E-state index contributed by atoms with van der Waals surface area (Å²) in [6, 6.07) is 4.78. The van der Waals surface area contributed by atoms with Gasteiger partial charge >= 0.3 is 6.18 Å². The lowest BCUT2D eigenvalue weighted by Gasteiger charge is -2.09. The highest BCUT2D eigenvalue weighted by Crippen LogP contribution is 2.22. The summed E-state index contributed by atoms with van der Waals surface area (Å²) in [5, 5.41) is 7.38. The third-order valence-electron chi connectivity index (χ3n) is 1.28. The van der Waals surface area contributed by atoms with Crippen molar-refractivity contribution in [3.63, 3.8) is 0 Å². The molecule has 0 radical (unpaired) electrons. The van der Waals surface area contributed by atoms with E-state index in [-0.39, 0.29) is 11.5 Å². The number of rotatable bonds is 1. The van der Waals surface area contributed by atoms with Gasteiger partial charge in [0.15, 0.2) is 0 Å². The Bertz CT molecular complexity index is 331. The number of ether oxygens (including phenoxy) is 1. The fraction of sp³-hybridized carbons (Fsp3) is 0.125. The summed E-state index contributed by atoms with van der Waals surface area (Å²) in [6.45, 7) is 0. The van der Waals surface area contributed by atoms with E-state index in [0.717, 1.165) is 0 Å². The van der Waals surface area contributed by atoms with Crippen molar-refractivity contribution in [3.8, 4) is 11.5 Å². The van der Waals surface area contributed by atoms with Crippen LogP contribution in [0, 0.1) is 0 Å². The van der Waals surface area contributed by atoms with E-state index in [0.29, 0.717) is 0 Å². The Morgan fingerprint density at radius 3 is 2.14 bits per heavy atom. The largest absolute Gasteiger partial charge is 0.508 e. The number of hydrogen-bond acceptors (Lipinski definition) is 3. The van der Waals surface area contributed by atoms with Crippen LogP contribution in [0.2, 0.25) is 0 Å². The van der Waals surface area contributed by atoms with Gasteiger partial charge in [0, 0.05) is 0 Å². The van der Waals surface area contributed by atoms with Crippen LogP contribution in [0.25, 0.3) is 0 Å². The van der Waals surface area contributed by atoms with Crippen LogP contribution in [0.1, 0.15) is 0 Å². The van der Waals surface area contributed by atoms with Gasteiger partial charge in [-0.25, -0.2) is 0 Å². The van der Waals surface area contributed by atoms with E-state index in [9.17, 15) is 13.2 Å². The molecule has 0 saturated heterocycles. The van der Waals surface area contributed by atoms with Crippen LogP contribution in [-0.2, 0) is 0 Å². The van der Waals surface area contributed by atoms with E-state index in [1.807, 2.05) is 0 Å². The topological polar surface area (TPSA) is 29.5 Å². The molecule has 0 amide bonds. The number of hydrogen-bond donors (Lipinski definition) is 1. The minimum atomic E-state index is -4.65. The predicted octanol–water partition coefficient (Wildman–Crippen LogP) is 2.66. The zero-order valence-corrected chi connectivity index (χ0v) is 7.52. The van der Waals surface area contributed by atoms with Gasteiger partial charge in [0.05, 0.1) is 0 Å². The highest BCUT2D eigenvalue weighted by atomic mass is 32.1. The molecule has 0 aliphatic heterocycles. The van der Waals surface area contributed by atoms with Gasteiger partial charge in [-0.2, -0.15) is 13.2 Å². The molecular formula is C8H5F3O2S. The molecule has 0 saturated carbocycles. The molecule has 0 atom stereocenters. The summed E-state index contributed by atoms with van der Waals surface area (Å²) in [6.07, 6.45) is -4.65. The Morgan fingerprint density at radius 1 is 1.21 bits per heavy atom. The zero-order chi connectivity index (χ0) is 10.8. The minimum absolute atomic E-state index is 0.0599. The Kier molecular flexibility index (Phi) is 2.95. The molecule has 6 heteroatoms. The Morgan fingerprint density at radius 2 is 1.71 bits per heavy atom. The molecule has 0 heterocycles. The first kappa shape index (κ1) is 10.8. The molecule has 14 heavy (non-hydrogen) atoms. The third-order valence-corrected chi connectivity index (χ3v) is 1.59. The first-order valence-corrected chi connectivity index (χ1v) is 3.88. The second-order valence-electron chi connectivity index (χ2n) is 2.38. The number of thiocarbonyl (C=S) groups is 1. The van der Waals surface area contributed by atoms with Crippen molar-refractivity contribution in [2.75, 3.05) is 0 Å². The highest BCUT2D eigenvalue weighted by Gasteiger charge is 2.36. The Balaban J connectivity index is 2.71. The molecule has 2 nitrogen and oxygen atoms in total. The zero-order valence-electron chi connectivity index (χ0n) is 6.71. The summed E-state index contributed by atoms with van der Waals surface area (Å²) in [5.74, 6) is -0.125. The first-order valence-electron chi connectivity index (χ1n) is 3.47. The molecule has 0 aromatic heterocycles. The van der Waals surface area contributed by atoms with Gasteiger partial charge < -0.3 is 9.84 Å². The summed E-state index contributed by atoms with van der Waals surface area (Å²) < 4.78 is 40.0. The minimum Gasteiger partial charge on any atom is -0.508 e. The lowest BCUT2D eigenvalue weighted by atomic mass is 10.3. The van der Waals surface area contributed by atoms with Gasteiger partial charge in [0.25, 0.3) is 5.05 Å². The van der Waals surface area contributed by atoms with Gasteiger partial charge in [0.2, 0.25) is 0 Å². The second kappa shape index (κ2) is 3.83. The maximum absolute atomic E-state index is 11.9. The number of alkyl halides is 3. The van der Waals surface area contributed by atoms with Gasteiger partial charge in [0.1, 0.15) is 11.5 Å². The maximum Gasteiger partial charge on any atom is 0.460 e. The number of phenolic OH excluding ortho intramolecular Hbond substituents is 1. The van der Waals surface area contributed by atoms with Crippen molar-refractivity contribution in [2.24, 2.45) is 0 Å². The van der Waals surface area contributed by atoms with E-state index >= 15 is 0 Å². The van der Waals surface area contributed by atoms with Crippen molar-refractivity contribution in [1.29, 1.82) is 0 Å². The summed E-state index contributed by atoms with van der Waals surface area (Å²) >= 11 is 4.00. The van der Waals surface area contributed by atoms with Gasteiger partial charge in [-0.15, -0.1) is 0 Å². The van der Waals surface area contributed by atoms with E-state index in [1.165, 1.54) is 24.3 Å². The SMILES string of the molecule is Oc1ccc(OC(=S)C(F)(F)F)cc1. The molecule has 1 aromatic rings. The third kappa shape index (κ3) is 2.88. The van der Waals surface area contributed by atoms with Crippen LogP contribution in [0.5, 0.6) is 11.5 Å². The monoisotopic (exact) mass is 222 g/mol. The van der Waals surface area contributed by atoms with Crippen LogP contribution >= 0.6 is 12.2 Å². The number of benzene rings is 1. The molecule has 1 rings (SSSR count). The van der Waals surface area contributed by atoms with Crippen molar-refractivity contribution in [2.45, 2.75) is 6.18 Å². The van der Waals surface area contributed by atoms with Crippen LogP contribution in [-0.4, -0.2) is 16.3 Å².